The number of aromatic nitrogens is 5. The smallest absolute Gasteiger partial charge is 0.290 e. The van der Waals surface area contributed by atoms with Crippen LogP contribution in [-0.4, -0.2) is 48.9 Å². The number of rotatable bonds is 5. The largest absolute Gasteiger partial charge is 0.439 e. The first-order chi connectivity index (χ1) is 16.5. The fourth-order valence-corrected chi connectivity index (χ4v) is 4.25. The van der Waals surface area contributed by atoms with Gasteiger partial charge < -0.3 is 15.4 Å². The van der Waals surface area contributed by atoms with E-state index in [1.54, 1.807) is 21.8 Å². The number of nitrogens with zero attached hydrogens (tertiary/aromatic N) is 5. The molecule has 1 aliphatic heterocycles. The Morgan fingerprint density at radius 1 is 1.24 bits per heavy atom. The van der Waals surface area contributed by atoms with E-state index in [4.69, 9.17) is 15.6 Å². The minimum absolute atomic E-state index is 0.144. The van der Waals surface area contributed by atoms with Crippen LogP contribution in [0.2, 0.25) is 0 Å². The van der Waals surface area contributed by atoms with Gasteiger partial charge in [0.25, 0.3) is 5.56 Å². The van der Waals surface area contributed by atoms with Crippen LogP contribution < -0.4 is 16.0 Å². The van der Waals surface area contributed by atoms with Crippen molar-refractivity contribution in [3.63, 3.8) is 0 Å². The van der Waals surface area contributed by atoms with Crippen molar-refractivity contribution in [2.45, 2.75) is 18.9 Å². The second kappa shape index (κ2) is 8.81. The molecule has 0 spiro atoms. The zero-order valence-electron chi connectivity index (χ0n) is 18.3. The van der Waals surface area contributed by atoms with E-state index in [-0.39, 0.29) is 17.8 Å². The van der Waals surface area contributed by atoms with Crippen LogP contribution in [0.1, 0.15) is 18.9 Å². The first kappa shape index (κ1) is 21.4. The highest BCUT2D eigenvalue weighted by Crippen LogP contribution is 2.33. The number of aromatic amines is 1. The Morgan fingerprint density at radius 2 is 2.06 bits per heavy atom. The minimum atomic E-state index is -0.396. The van der Waals surface area contributed by atoms with Crippen LogP contribution >= 0.6 is 0 Å². The molecule has 1 amide bonds. The molecule has 0 bridgehead atoms. The number of carbonyl (C=O) groups excluding carboxylic acids is 1. The number of piperidine rings is 1. The third kappa shape index (κ3) is 3.90. The quantitative estimate of drug-likeness (QED) is 0.440. The number of pyridine rings is 1. The average molecular weight is 457 g/mol. The van der Waals surface area contributed by atoms with Crippen molar-refractivity contribution in [1.29, 1.82) is 0 Å². The van der Waals surface area contributed by atoms with Gasteiger partial charge in [-0.3, -0.25) is 14.3 Å². The highest BCUT2D eigenvalue weighted by Gasteiger charge is 2.28. The molecule has 5 rings (SSSR count). The maximum Gasteiger partial charge on any atom is 0.290 e. The van der Waals surface area contributed by atoms with E-state index >= 15 is 0 Å². The number of benzene rings is 1. The molecule has 1 aliphatic rings. The van der Waals surface area contributed by atoms with E-state index in [9.17, 15) is 9.59 Å². The molecule has 1 aromatic carbocycles. The molecule has 4 heterocycles. The number of para-hydroxylation sites is 1. The van der Waals surface area contributed by atoms with E-state index in [0.29, 0.717) is 46.9 Å². The number of carbonyl (C=O) groups is 1. The molecule has 1 fully saturated rings. The molecule has 0 aliphatic carbocycles. The van der Waals surface area contributed by atoms with Crippen molar-refractivity contribution >= 4 is 22.6 Å². The van der Waals surface area contributed by atoms with Gasteiger partial charge in [-0.15, -0.1) is 0 Å². The second-order valence-corrected chi connectivity index (χ2v) is 8.04. The monoisotopic (exact) mass is 457 g/mol. The molecule has 3 aromatic heterocycles. The number of nitrogens with one attached hydrogen (secondary N) is 1. The fraction of sp³-hybridized carbons (Fsp3) is 0.208. The summed E-state index contributed by atoms with van der Waals surface area (Å²) in [5.41, 5.74) is 7.27. The predicted octanol–water partition coefficient (Wildman–Crippen LogP) is 2.91. The van der Waals surface area contributed by atoms with Gasteiger partial charge in [0.1, 0.15) is 17.0 Å². The Kier molecular flexibility index (Phi) is 5.54. The molecule has 172 valence electrons. The van der Waals surface area contributed by atoms with Crippen LogP contribution in [-0.2, 0) is 4.79 Å². The van der Waals surface area contributed by atoms with Gasteiger partial charge in [0.2, 0.25) is 11.8 Å². The zero-order valence-corrected chi connectivity index (χ0v) is 18.3. The van der Waals surface area contributed by atoms with Gasteiger partial charge in [-0.2, -0.15) is 10.2 Å². The SMILES string of the molecule is C=CC(=O)N1CCC[C@@H](n2nc(-c3ccc(Oc4ccccc4)nc3)c3c(N)n[nH]c(=O)c32)C1. The summed E-state index contributed by atoms with van der Waals surface area (Å²) in [4.78, 5) is 31.1. The van der Waals surface area contributed by atoms with Crippen molar-refractivity contribution in [2.24, 2.45) is 0 Å². The first-order valence-electron chi connectivity index (χ1n) is 10.9. The third-order valence-electron chi connectivity index (χ3n) is 5.86. The number of ether oxygens (including phenoxy) is 1. The highest BCUT2D eigenvalue weighted by atomic mass is 16.5. The molecule has 0 unspecified atom stereocenters. The predicted molar refractivity (Wildman–Crippen MR) is 127 cm³/mol. The molecule has 4 aromatic rings. The van der Waals surface area contributed by atoms with Crippen LogP contribution in [0, 0.1) is 0 Å². The number of hydrogen-bond acceptors (Lipinski definition) is 7. The highest BCUT2D eigenvalue weighted by molar-refractivity contribution is 5.99. The van der Waals surface area contributed by atoms with E-state index in [2.05, 4.69) is 21.8 Å². The van der Waals surface area contributed by atoms with E-state index in [0.717, 1.165) is 12.8 Å². The summed E-state index contributed by atoms with van der Waals surface area (Å²) < 4.78 is 7.44. The standard InChI is InChI=1S/C24H23N7O3/c1-2-19(32)30-12-6-7-16(14-30)31-22-20(23(25)27-28-24(22)33)21(29-31)15-10-11-18(26-13-15)34-17-8-4-3-5-9-17/h2-5,8-11,13,16H,1,6-7,12,14H2,(H2,25,27)(H,28,33)/t16-/m1/s1. The van der Waals surface area contributed by atoms with E-state index < -0.39 is 5.56 Å². The molecule has 3 N–H and O–H groups in total. The number of anilines is 1. The molecule has 1 atom stereocenters. The number of amides is 1. The normalized spacial score (nSPS) is 15.9. The molecule has 0 saturated carbocycles. The fourth-order valence-electron chi connectivity index (χ4n) is 4.25. The van der Waals surface area contributed by atoms with Gasteiger partial charge in [0, 0.05) is 30.9 Å². The van der Waals surface area contributed by atoms with Crippen molar-refractivity contribution in [3.8, 4) is 22.9 Å². The summed E-state index contributed by atoms with van der Waals surface area (Å²) in [6.07, 6.45) is 4.47. The van der Waals surface area contributed by atoms with Gasteiger partial charge in [-0.1, -0.05) is 24.8 Å². The van der Waals surface area contributed by atoms with Crippen LogP contribution in [0.25, 0.3) is 22.2 Å². The zero-order chi connectivity index (χ0) is 23.7. The van der Waals surface area contributed by atoms with Crippen LogP contribution in [0.3, 0.4) is 0 Å². The van der Waals surface area contributed by atoms with E-state index in [1.807, 2.05) is 36.4 Å². The molecule has 1 saturated heterocycles. The van der Waals surface area contributed by atoms with Gasteiger partial charge in [0.15, 0.2) is 5.82 Å². The van der Waals surface area contributed by atoms with Crippen molar-refractivity contribution in [2.75, 3.05) is 18.8 Å². The molecule has 34 heavy (non-hydrogen) atoms. The Hall–Kier alpha value is -4.47. The Bertz CT molecular complexity index is 1410. The topological polar surface area (TPSA) is 132 Å². The molecular weight excluding hydrogens is 434 g/mol. The summed E-state index contributed by atoms with van der Waals surface area (Å²) >= 11 is 0. The lowest BCUT2D eigenvalue weighted by Crippen LogP contribution is -2.40. The molecular formula is C24H23N7O3. The number of nitrogens with two attached hydrogens (primary N) is 1. The number of hydrogen-bond donors (Lipinski definition) is 2. The van der Waals surface area contributed by atoms with Crippen molar-refractivity contribution in [1.82, 2.24) is 29.9 Å². The second-order valence-electron chi connectivity index (χ2n) is 8.04. The minimum Gasteiger partial charge on any atom is -0.439 e. The summed E-state index contributed by atoms with van der Waals surface area (Å²) in [5, 5.41) is 11.6. The van der Waals surface area contributed by atoms with Crippen molar-refractivity contribution < 1.29 is 9.53 Å². The van der Waals surface area contributed by atoms with Crippen LogP contribution in [0.5, 0.6) is 11.6 Å². The molecule has 10 nitrogen and oxygen atoms in total. The lowest BCUT2D eigenvalue weighted by atomic mass is 10.1. The maximum absolute atomic E-state index is 12.8. The number of fused-ring (bicyclic) bond motifs is 1. The molecule has 0 radical (unpaired) electrons. The Balaban J connectivity index is 1.55. The Morgan fingerprint density at radius 3 is 2.79 bits per heavy atom. The third-order valence-corrected chi connectivity index (χ3v) is 5.86. The number of likely N-dealkylation sites (tertiary alicyclic amines) is 1. The summed E-state index contributed by atoms with van der Waals surface area (Å²) in [6.45, 7) is 4.64. The molecule has 10 heteroatoms. The summed E-state index contributed by atoms with van der Waals surface area (Å²) in [6, 6.07) is 12.7. The maximum atomic E-state index is 12.8. The Labute approximate surface area is 194 Å². The van der Waals surface area contributed by atoms with Gasteiger partial charge in [0.05, 0.1) is 11.4 Å². The van der Waals surface area contributed by atoms with Crippen LogP contribution in [0.15, 0.2) is 66.1 Å². The van der Waals surface area contributed by atoms with Gasteiger partial charge >= 0.3 is 0 Å². The van der Waals surface area contributed by atoms with Crippen LogP contribution in [0.4, 0.5) is 5.82 Å². The first-order valence-corrected chi connectivity index (χ1v) is 10.9. The lowest BCUT2D eigenvalue weighted by molar-refractivity contribution is -0.127. The summed E-state index contributed by atoms with van der Waals surface area (Å²) in [5.74, 6) is 1.12. The number of nitrogen functional groups attached to an aromatic ring is 1. The summed E-state index contributed by atoms with van der Waals surface area (Å²) in [7, 11) is 0. The van der Waals surface area contributed by atoms with Crippen molar-refractivity contribution in [3.05, 3.63) is 71.7 Å². The average Bonchev–Trinajstić information content (AvgIpc) is 3.29. The van der Waals surface area contributed by atoms with Gasteiger partial charge in [-0.25, -0.2) is 10.1 Å². The van der Waals surface area contributed by atoms with Gasteiger partial charge in [-0.05, 0) is 37.1 Å². The number of H-pyrrole nitrogens is 1. The lowest BCUT2D eigenvalue weighted by Gasteiger charge is -2.32. The van der Waals surface area contributed by atoms with E-state index in [1.165, 1.54) is 6.08 Å².